The summed E-state index contributed by atoms with van der Waals surface area (Å²) in [5.41, 5.74) is 2.43. The lowest BCUT2D eigenvalue weighted by molar-refractivity contribution is 0.412. The number of hydrogen-bond acceptors (Lipinski definition) is 5. The molecule has 0 amide bonds. The second-order valence-electron chi connectivity index (χ2n) is 4.46. The Morgan fingerprint density at radius 2 is 2.13 bits per heavy atom. The van der Waals surface area contributed by atoms with Gasteiger partial charge in [0.05, 0.1) is 17.7 Å². The first-order chi connectivity index (χ1) is 11.3. The number of hydrogen-bond donors (Lipinski definition) is 0. The van der Waals surface area contributed by atoms with Gasteiger partial charge in [-0.05, 0) is 23.6 Å². The molecule has 0 spiro atoms. The zero-order chi connectivity index (χ0) is 16.1. The third-order valence-electron chi connectivity index (χ3n) is 3.10. The smallest absolute Gasteiger partial charge is 0.196 e. The van der Waals surface area contributed by atoms with Crippen molar-refractivity contribution in [3.05, 3.63) is 53.4 Å². The van der Waals surface area contributed by atoms with Gasteiger partial charge in [-0.2, -0.15) is 0 Å². The van der Waals surface area contributed by atoms with Crippen molar-refractivity contribution in [1.82, 2.24) is 14.8 Å². The van der Waals surface area contributed by atoms with E-state index in [1.807, 2.05) is 52.4 Å². The Kier molecular flexibility index (Phi) is 5.38. The van der Waals surface area contributed by atoms with Gasteiger partial charge in [0.1, 0.15) is 5.75 Å². The van der Waals surface area contributed by atoms with E-state index in [1.165, 1.54) is 5.54 Å². The van der Waals surface area contributed by atoms with Crippen LogP contribution in [-0.2, 0) is 0 Å². The van der Waals surface area contributed by atoms with E-state index in [2.05, 4.69) is 10.2 Å². The van der Waals surface area contributed by atoms with Crippen molar-refractivity contribution < 1.29 is 4.74 Å². The highest BCUT2D eigenvalue weighted by Crippen LogP contribution is 2.33. The van der Waals surface area contributed by atoms with Crippen LogP contribution in [0.3, 0.4) is 0 Å². The van der Waals surface area contributed by atoms with E-state index in [0.29, 0.717) is 0 Å². The van der Waals surface area contributed by atoms with Crippen molar-refractivity contribution >= 4 is 34.7 Å². The number of aromatic nitrogens is 3. The van der Waals surface area contributed by atoms with Gasteiger partial charge in [0.2, 0.25) is 0 Å². The van der Waals surface area contributed by atoms with Crippen LogP contribution in [0.1, 0.15) is 0 Å². The van der Waals surface area contributed by atoms with Crippen LogP contribution in [0.2, 0.25) is 0 Å². The SMILES string of the molecule is COc1ccccc1-n1c(SC/C=C/Cl)nnc1-c1cccs1. The average molecular weight is 364 g/mol. The lowest BCUT2D eigenvalue weighted by atomic mass is 10.3. The molecule has 118 valence electrons. The molecule has 0 fully saturated rings. The van der Waals surface area contributed by atoms with E-state index in [0.717, 1.165) is 33.0 Å². The Labute approximate surface area is 147 Å². The summed E-state index contributed by atoms with van der Waals surface area (Å²) >= 11 is 8.81. The van der Waals surface area contributed by atoms with E-state index in [9.17, 15) is 0 Å². The maximum absolute atomic E-state index is 5.60. The molecule has 1 aromatic carbocycles. The highest BCUT2D eigenvalue weighted by atomic mass is 35.5. The average Bonchev–Trinajstić information content (AvgIpc) is 3.24. The number of ether oxygens (including phenoxy) is 1. The summed E-state index contributed by atoms with van der Waals surface area (Å²) in [5.74, 6) is 2.31. The number of para-hydroxylation sites is 2. The molecule has 0 N–H and O–H groups in total. The molecule has 0 aliphatic heterocycles. The highest BCUT2D eigenvalue weighted by Gasteiger charge is 2.18. The zero-order valence-corrected chi connectivity index (χ0v) is 14.7. The fourth-order valence-corrected chi connectivity index (χ4v) is 3.77. The quantitative estimate of drug-likeness (QED) is 0.587. The van der Waals surface area contributed by atoms with Crippen LogP contribution in [0, 0.1) is 0 Å². The standard InChI is InChI=1S/C16H14ClN3OS2/c1-21-13-7-3-2-6-12(13)20-15(14-8-4-10-22-14)18-19-16(20)23-11-5-9-17/h2-10H,11H2,1H3/b9-5+. The molecule has 0 unspecified atom stereocenters. The minimum absolute atomic E-state index is 0.723. The molecule has 0 bridgehead atoms. The maximum atomic E-state index is 5.60. The number of thiophene rings is 1. The van der Waals surface area contributed by atoms with E-state index in [-0.39, 0.29) is 0 Å². The normalized spacial score (nSPS) is 11.2. The van der Waals surface area contributed by atoms with Crippen molar-refractivity contribution in [1.29, 1.82) is 0 Å². The fraction of sp³-hybridized carbons (Fsp3) is 0.125. The minimum Gasteiger partial charge on any atom is -0.495 e. The van der Waals surface area contributed by atoms with Crippen LogP contribution in [0.25, 0.3) is 16.4 Å². The molecule has 0 aliphatic rings. The van der Waals surface area contributed by atoms with Crippen LogP contribution < -0.4 is 4.74 Å². The van der Waals surface area contributed by atoms with E-state index < -0.39 is 0 Å². The van der Waals surface area contributed by atoms with Crippen molar-refractivity contribution in [2.75, 3.05) is 12.9 Å². The lowest BCUT2D eigenvalue weighted by Gasteiger charge is -2.12. The summed E-state index contributed by atoms with van der Waals surface area (Å²) in [4.78, 5) is 1.06. The monoisotopic (exact) mass is 363 g/mol. The van der Waals surface area contributed by atoms with Gasteiger partial charge in [0.25, 0.3) is 0 Å². The molecule has 0 radical (unpaired) electrons. The van der Waals surface area contributed by atoms with E-state index in [1.54, 1.807) is 30.2 Å². The number of nitrogens with zero attached hydrogens (tertiary/aromatic N) is 3. The third kappa shape index (κ3) is 3.44. The molecule has 3 aromatic rings. The van der Waals surface area contributed by atoms with Gasteiger partial charge in [-0.1, -0.05) is 47.6 Å². The maximum Gasteiger partial charge on any atom is 0.196 e. The second kappa shape index (κ2) is 7.68. The van der Waals surface area contributed by atoms with Crippen molar-refractivity contribution in [2.24, 2.45) is 0 Å². The number of thioether (sulfide) groups is 1. The van der Waals surface area contributed by atoms with Crippen molar-refractivity contribution in [3.63, 3.8) is 0 Å². The minimum atomic E-state index is 0.723. The topological polar surface area (TPSA) is 39.9 Å². The molecule has 0 saturated carbocycles. The largest absolute Gasteiger partial charge is 0.495 e. The molecule has 0 saturated heterocycles. The summed E-state index contributed by atoms with van der Waals surface area (Å²) in [6.07, 6.45) is 1.87. The second-order valence-corrected chi connectivity index (χ2v) is 6.65. The van der Waals surface area contributed by atoms with Crippen LogP contribution in [0.4, 0.5) is 0 Å². The Balaban J connectivity index is 2.12. The number of halogens is 1. The van der Waals surface area contributed by atoms with Gasteiger partial charge in [0, 0.05) is 11.3 Å². The Bertz CT molecular complexity index is 800. The molecule has 2 aromatic heterocycles. The first kappa shape index (κ1) is 16.1. The molecule has 7 heteroatoms. The van der Waals surface area contributed by atoms with Crippen molar-refractivity contribution in [3.8, 4) is 22.1 Å². The van der Waals surface area contributed by atoms with Crippen molar-refractivity contribution in [2.45, 2.75) is 5.16 Å². The molecular formula is C16H14ClN3OS2. The highest BCUT2D eigenvalue weighted by molar-refractivity contribution is 7.99. The number of methoxy groups -OCH3 is 1. The van der Waals surface area contributed by atoms with Gasteiger partial charge in [-0.25, -0.2) is 0 Å². The van der Waals surface area contributed by atoms with E-state index >= 15 is 0 Å². The number of benzene rings is 1. The summed E-state index contributed by atoms with van der Waals surface area (Å²) in [7, 11) is 1.66. The molecule has 0 aliphatic carbocycles. The lowest BCUT2D eigenvalue weighted by Crippen LogP contribution is -2.01. The van der Waals surface area contributed by atoms with E-state index in [4.69, 9.17) is 16.3 Å². The summed E-state index contributed by atoms with van der Waals surface area (Å²) in [5, 5.41) is 11.6. The van der Waals surface area contributed by atoms with Crippen LogP contribution >= 0.6 is 34.7 Å². The predicted molar refractivity (Wildman–Crippen MR) is 96.9 cm³/mol. The summed E-state index contributed by atoms with van der Waals surface area (Å²) < 4.78 is 7.53. The fourth-order valence-electron chi connectivity index (χ4n) is 2.12. The van der Waals surface area contributed by atoms with Gasteiger partial charge < -0.3 is 4.74 Å². The first-order valence-corrected chi connectivity index (χ1v) is 9.16. The van der Waals surface area contributed by atoms with Crippen LogP contribution in [0.15, 0.2) is 58.5 Å². The van der Waals surface area contributed by atoms with Gasteiger partial charge in [-0.3, -0.25) is 4.57 Å². The Morgan fingerprint density at radius 3 is 2.87 bits per heavy atom. The Morgan fingerprint density at radius 1 is 1.26 bits per heavy atom. The van der Waals surface area contributed by atoms with Gasteiger partial charge in [-0.15, -0.1) is 21.5 Å². The van der Waals surface area contributed by atoms with Gasteiger partial charge >= 0.3 is 0 Å². The van der Waals surface area contributed by atoms with Gasteiger partial charge in [0.15, 0.2) is 11.0 Å². The molecule has 3 rings (SSSR count). The molecule has 0 atom stereocenters. The number of rotatable bonds is 6. The zero-order valence-electron chi connectivity index (χ0n) is 12.3. The third-order valence-corrected chi connectivity index (χ3v) is 5.02. The molecule has 2 heterocycles. The van der Waals surface area contributed by atoms with Crippen LogP contribution in [0.5, 0.6) is 5.75 Å². The molecule has 23 heavy (non-hydrogen) atoms. The molecule has 4 nitrogen and oxygen atoms in total. The predicted octanol–water partition coefficient (Wildman–Crippen LogP) is 4.85. The summed E-state index contributed by atoms with van der Waals surface area (Å²) in [6, 6.07) is 11.9. The Hall–Kier alpha value is -1.76. The molecular weight excluding hydrogens is 350 g/mol. The first-order valence-electron chi connectivity index (χ1n) is 6.86. The van der Waals surface area contributed by atoms with Crippen LogP contribution in [-0.4, -0.2) is 27.6 Å². The summed E-state index contributed by atoms with van der Waals surface area (Å²) in [6.45, 7) is 0.